The highest BCUT2D eigenvalue weighted by atomic mass is 15.0. The largest absolute Gasteiger partial charge is 0.309 e. The minimum absolute atomic E-state index is 0.0640. The molecule has 0 spiro atoms. The summed E-state index contributed by atoms with van der Waals surface area (Å²) in [6, 6.07) is 55.3. The van der Waals surface area contributed by atoms with Crippen LogP contribution in [-0.2, 0) is 5.41 Å². The molecule has 0 unspecified atom stereocenters. The van der Waals surface area contributed by atoms with Gasteiger partial charge in [-0.1, -0.05) is 196 Å². The molecule has 1 aliphatic carbocycles. The van der Waals surface area contributed by atoms with Crippen LogP contribution in [0.25, 0.3) is 77.2 Å². The molecule has 10 rings (SSSR count). The fourth-order valence-electron chi connectivity index (χ4n) is 10.3. The van der Waals surface area contributed by atoms with Gasteiger partial charge in [0.25, 0.3) is 0 Å². The van der Waals surface area contributed by atoms with Crippen LogP contribution in [0, 0.1) is 13.8 Å². The van der Waals surface area contributed by atoms with E-state index < -0.39 is 0 Å². The van der Waals surface area contributed by atoms with Gasteiger partial charge < -0.3 is 9.13 Å². The quantitative estimate of drug-likeness (QED) is 0.116. The lowest BCUT2D eigenvalue weighted by Gasteiger charge is -2.33. The second-order valence-corrected chi connectivity index (χ2v) is 18.4. The Morgan fingerprint density at radius 2 is 0.781 bits per heavy atom. The maximum absolute atomic E-state index is 2.56. The summed E-state index contributed by atoms with van der Waals surface area (Å²) in [4.78, 5) is 0. The van der Waals surface area contributed by atoms with Crippen molar-refractivity contribution in [1.29, 1.82) is 0 Å². The van der Waals surface area contributed by atoms with E-state index in [0.717, 1.165) is 0 Å². The van der Waals surface area contributed by atoms with Crippen molar-refractivity contribution in [3.63, 3.8) is 0 Å². The van der Waals surface area contributed by atoms with Crippen LogP contribution in [0.1, 0.15) is 134 Å². The zero-order chi connectivity index (χ0) is 44.8. The van der Waals surface area contributed by atoms with Crippen molar-refractivity contribution in [2.75, 3.05) is 0 Å². The van der Waals surface area contributed by atoms with E-state index in [9.17, 15) is 0 Å². The number of hydrogen-bond acceptors (Lipinski definition) is 0. The van der Waals surface area contributed by atoms with Crippen LogP contribution in [-0.4, -0.2) is 9.13 Å². The van der Waals surface area contributed by atoms with Crippen LogP contribution in [0.2, 0.25) is 0 Å². The Kier molecular flexibility index (Phi) is 13.9. The normalized spacial score (nSPS) is 12.6. The fourth-order valence-corrected chi connectivity index (χ4v) is 10.3. The first kappa shape index (κ1) is 44.7. The number of benzene rings is 7. The van der Waals surface area contributed by atoms with E-state index in [-0.39, 0.29) is 5.41 Å². The van der Waals surface area contributed by atoms with Gasteiger partial charge in [-0.3, -0.25) is 0 Å². The van der Waals surface area contributed by atoms with Gasteiger partial charge in [-0.2, -0.15) is 0 Å². The van der Waals surface area contributed by atoms with Crippen molar-refractivity contribution in [3.05, 3.63) is 168 Å². The standard InChI is InChI=1S/C53H48N2.C5H12.C4H10/c1-5-7-29-53(30-8-6-2)47-31-35(3)17-25-41(47)42-27-19-37(33-48(42)53)38-20-28-46-44-14-10-12-16-50(44)55(52(46)34-38)40-23-21-39(22-24-40)54-49-15-11-9-13-43(49)45-26-18-36(4)32-51(45)54;1-3-5-4-2;1-3-4-2/h9-28,31-34H,5-8,29-30H2,1-4H3;3-5H2,1-2H3;3-4H2,1-2H3. The van der Waals surface area contributed by atoms with Crippen LogP contribution < -0.4 is 0 Å². The number of para-hydroxylation sites is 2. The number of fused-ring (bicyclic) bond motifs is 9. The second kappa shape index (κ2) is 19.9. The molecule has 2 heterocycles. The average molecular weight is 843 g/mol. The van der Waals surface area contributed by atoms with Crippen LogP contribution in [0.3, 0.4) is 0 Å². The number of aryl methyl sites for hydroxylation is 2. The average Bonchev–Trinajstić information content (AvgIpc) is 3.93. The van der Waals surface area contributed by atoms with Gasteiger partial charge in [-0.05, 0) is 120 Å². The van der Waals surface area contributed by atoms with Gasteiger partial charge in [-0.25, -0.2) is 0 Å². The van der Waals surface area contributed by atoms with Crippen molar-refractivity contribution < 1.29 is 0 Å². The first-order valence-electron chi connectivity index (χ1n) is 24.7. The molecule has 64 heavy (non-hydrogen) atoms. The first-order chi connectivity index (χ1) is 31.3. The van der Waals surface area contributed by atoms with Crippen LogP contribution in [0.15, 0.2) is 146 Å². The summed E-state index contributed by atoms with van der Waals surface area (Å²) < 4.78 is 4.88. The molecular formula is C62H70N2. The second-order valence-electron chi connectivity index (χ2n) is 18.4. The number of aromatic nitrogens is 2. The Bertz CT molecular complexity index is 2990. The van der Waals surface area contributed by atoms with E-state index in [1.54, 1.807) is 5.56 Å². The maximum atomic E-state index is 2.56. The third-order valence-corrected chi connectivity index (χ3v) is 13.8. The van der Waals surface area contributed by atoms with Gasteiger partial charge in [-0.15, -0.1) is 0 Å². The molecule has 0 atom stereocenters. The summed E-state index contributed by atoms with van der Waals surface area (Å²) in [6.07, 6.45) is 14.0. The number of hydrogen-bond donors (Lipinski definition) is 0. The van der Waals surface area contributed by atoms with Crippen molar-refractivity contribution in [1.82, 2.24) is 9.13 Å². The molecule has 0 amide bonds. The van der Waals surface area contributed by atoms with E-state index in [4.69, 9.17) is 0 Å². The lowest BCUT2D eigenvalue weighted by Crippen LogP contribution is -2.25. The molecule has 7 aromatic carbocycles. The molecule has 328 valence electrons. The third-order valence-electron chi connectivity index (χ3n) is 13.8. The zero-order valence-corrected chi connectivity index (χ0v) is 40.0. The lowest BCUT2D eigenvalue weighted by molar-refractivity contribution is 0.414. The Labute approximate surface area is 384 Å². The molecule has 0 saturated carbocycles. The van der Waals surface area contributed by atoms with Crippen molar-refractivity contribution >= 4 is 43.6 Å². The van der Waals surface area contributed by atoms with E-state index in [1.807, 2.05) is 0 Å². The molecule has 2 aromatic heterocycles. The molecule has 0 N–H and O–H groups in total. The third kappa shape index (κ3) is 8.33. The summed E-state index contributed by atoms with van der Waals surface area (Å²) in [5.41, 5.74) is 18.5. The molecule has 0 radical (unpaired) electrons. The molecule has 2 heteroatoms. The number of rotatable bonds is 12. The summed E-state index contributed by atoms with van der Waals surface area (Å²) >= 11 is 0. The van der Waals surface area contributed by atoms with E-state index in [0.29, 0.717) is 0 Å². The van der Waals surface area contributed by atoms with E-state index in [1.165, 1.54) is 165 Å². The SMILES string of the molecule is CCCC.CCCCC.CCCCC1(CCCC)c2cc(C)ccc2-c2ccc(-c3ccc4c5ccccc5n(-c5ccc(-n6c7ccccc7c7ccc(C)cc76)cc5)c4c3)cc21. The molecule has 0 saturated heterocycles. The highest BCUT2D eigenvalue weighted by Crippen LogP contribution is 2.55. The Morgan fingerprint density at radius 1 is 0.359 bits per heavy atom. The highest BCUT2D eigenvalue weighted by Gasteiger charge is 2.42. The van der Waals surface area contributed by atoms with Crippen molar-refractivity contribution in [2.24, 2.45) is 0 Å². The molecule has 9 aromatic rings. The number of unbranched alkanes of at least 4 members (excludes halogenated alkanes) is 5. The Balaban J connectivity index is 0.000000570. The van der Waals surface area contributed by atoms with Gasteiger partial charge in [0.2, 0.25) is 0 Å². The maximum Gasteiger partial charge on any atom is 0.0547 e. The summed E-state index contributed by atoms with van der Waals surface area (Å²) in [5.74, 6) is 0. The Hall–Kier alpha value is -5.86. The van der Waals surface area contributed by atoms with Gasteiger partial charge in [0.1, 0.15) is 0 Å². The molecule has 0 fully saturated rings. The minimum atomic E-state index is 0.0640. The minimum Gasteiger partial charge on any atom is -0.309 e. The molecular weight excluding hydrogens is 773 g/mol. The van der Waals surface area contributed by atoms with Gasteiger partial charge in [0.15, 0.2) is 0 Å². The van der Waals surface area contributed by atoms with Crippen LogP contribution in [0.4, 0.5) is 0 Å². The highest BCUT2D eigenvalue weighted by molar-refractivity contribution is 6.11. The summed E-state index contributed by atoms with van der Waals surface area (Å²) in [5, 5.41) is 5.14. The number of nitrogens with zero attached hydrogens (tertiary/aromatic N) is 2. The fraction of sp³-hybridized carbons (Fsp3) is 0.323. The summed E-state index contributed by atoms with van der Waals surface area (Å²) in [7, 11) is 0. The predicted molar refractivity (Wildman–Crippen MR) is 281 cm³/mol. The molecule has 2 nitrogen and oxygen atoms in total. The topological polar surface area (TPSA) is 9.86 Å². The van der Waals surface area contributed by atoms with E-state index >= 15 is 0 Å². The van der Waals surface area contributed by atoms with Crippen molar-refractivity contribution in [2.45, 2.75) is 131 Å². The van der Waals surface area contributed by atoms with E-state index in [2.05, 4.69) is 210 Å². The molecule has 0 bridgehead atoms. The zero-order valence-electron chi connectivity index (χ0n) is 40.0. The summed E-state index contributed by atoms with van der Waals surface area (Å²) in [6.45, 7) is 17.9. The first-order valence-corrected chi connectivity index (χ1v) is 24.7. The van der Waals surface area contributed by atoms with Gasteiger partial charge in [0, 0.05) is 38.3 Å². The predicted octanol–water partition coefficient (Wildman–Crippen LogP) is 18.8. The van der Waals surface area contributed by atoms with Crippen LogP contribution >= 0.6 is 0 Å². The monoisotopic (exact) mass is 843 g/mol. The van der Waals surface area contributed by atoms with Crippen LogP contribution in [0.5, 0.6) is 0 Å². The van der Waals surface area contributed by atoms with Crippen molar-refractivity contribution in [3.8, 4) is 33.6 Å². The van der Waals surface area contributed by atoms with Gasteiger partial charge in [0.05, 0.1) is 22.1 Å². The molecule has 1 aliphatic rings. The lowest BCUT2D eigenvalue weighted by atomic mass is 9.70. The smallest absolute Gasteiger partial charge is 0.0547 e. The van der Waals surface area contributed by atoms with Gasteiger partial charge >= 0.3 is 0 Å². The molecule has 0 aliphatic heterocycles. The Morgan fingerprint density at radius 3 is 1.31 bits per heavy atom.